The van der Waals surface area contributed by atoms with Crippen molar-refractivity contribution < 1.29 is 4.79 Å². The van der Waals surface area contributed by atoms with Crippen molar-refractivity contribution in [1.29, 1.82) is 0 Å². The second kappa shape index (κ2) is 5.67. The SMILES string of the molecule is CCCC1NC2(CCCC2)C(=O)N1C1CCC(C)CC1. The number of nitrogens with zero attached hydrogens (tertiary/aromatic N) is 1. The Bertz CT molecular complexity index is 354. The Morgan fingerprint density at radius 1 is 1.20 bits per heavy atom. The van der Waals surface area contributed by atoms with Crippen LogP contribution in [0.3, 0.4) is 0 Å². The summed E-state index contributed by atoms with van der Waals surface area (Å²) in [5.74, 6) is 1.29. The van der Waals surface area contributed by atoms with Gasteiger partial charge in [0.1, 0.15) is 0 Å². The molecule has 0 radical (unpaired) electrons. The average Bonchev–Trinajstić information content (AvgIpc) is 3.00. The molecule has 2 saturated carbocycles. The summed E-state index contributed by atoms with van der Waals surface area (Å²) in [6, 6.07) is 0.503. The third-order valence-electron chi connectivity index (χ3n) is 5.82. The summed E-state index contributed by atoms with van der Waals surface area (Å²) < 4.78 is 0. The van der Waals surface area contributed by atoms with Gasteiger partial charge < -0.3 is 4.90 Å². The van der Waals surface area contributed by atoms with Crippen molar-refractivity contribution in [2.24, 2.45) is 5.92 Å². The van der Waals surface area contributed by atoms with Gasteiger partial charge in [-0.15, -0.1) is 0 Å². The maximum absolute atomic E-state index is 13.1. The first-order valence-corrected chi connectivity index (χ1v) is 8.77. The lowest BCUT2D eigenvalue weighted by Crippen LogP contribution is -2.46. The van der Waals surface area contributed by atoms with E-state index in [1.807, 2.05) is 0 Å². The van der Waals surface area contributed by atoms with Gasteiger partial charge in [-0.3, -0.25) is 10.1 Å². The lowest BCUT2D eigenvalue weighted by Gasteiger charge is -2.37. The van der Waals surface area contributed by atoms with Crippen LogP contribution in [0.25, 0.3) is 0 Å². The van der Waals surface area contributed by atoms with Crippen LogP contribution in [0.1, 0.15) is 78.1 Å². The van der Waals surface area contributed by atoms with Gasteiger partial charge in [0.2, 0.25) is 5.91 Å². The van der Waals surface area contributed by atoms with E-state index >= 15 is 0 Å². The Labute approximate surface area is 123 Å². The summed E-state index contributed by atoms with van der Waals surface area (Å²) >= 11 is 0. The monoisotopic (exact) mass is 278 g/mol. The summed E-state index contributed by atoms with van der Waals surface area (Å²) in [5, 5.41) is 3.75. The van der Waals surface area contributed by atoms with Crippen molar-refractivity contribution in [3.63, 3.8) is 0 Å². The molecule has 1 saturated heterocycles. The van der Waals surface area contributed by atoms with Crippen molar-refractivity contribution in [2.75, 3.05) is 0 Å². The third kappa shape index (κ3) is 2.38. The van der Waals surface area contributed by atoms with Crippen molar-refractivity contribution in [3.05, 3.63) is 0 Å². The minimum Gasteiger partial charge on any atom is -0.323 e. The maximum Gasteiger partial charge on any atom is 0.244 e. The summed E-state index contributed by atoms with van der Waals surface area (Å²) in [4.78, 5) is 15.3. The van der Waals surface area contributed by atoms with Crippen LogP contribution in [0.4, 0.5) is 0 Å². The predicted molar refractivity (Wildman–Crippen MR) is 81.3 cm³/mol. The second-order valence-electron chi connectivity index (χ2n) is 7.36. The molecule has 0 bridgehead atoms. The average molecular weight is 278 g/mol. The van der Waals surface area contributed by atoms with Gasteiger partial charge in [-0.25, -0.2) is 0 Å². The first-order chi connectivity index (χ1) is 9.66. The first-order valence-electron chi connectivity index (χ1n) is 8.77. The highest BCUT2D eigenvalue weighted by atomic mass is 16.2. The molecule has 3 aliphatic rings. The maximum atomic E-state index is 13.1. The normalized spacial score (nSPS) is 37.0. The van der Waals surface area contributed by atoms with Crippen molar-refractivity contribution in [2.45, 2.75) is 95.8 Å². The molecule has 1 amide bonds. The molecular formula is C17H30N2O. The number of hydrogen-bond acceptors (Lipinski definition) is 2. The van der Waals surface area contributed by atoms with E-state index < -0.39 is 0 Å². The molecule has 3 rings (SSSR count). The molecule has 3 fully saturated rings. The standard InChI is InChI=1S/C17H30N2O/c1-3-6-15-18-17(11-4-5-12-17)16(20)19(15)14-9-7-13(2)8-10-14/h13-15,18H,3-12H2,1-2H3. The van der Waals surface area contributed by atoms with Gasteiger partial charge >= 0.3 is 0 Å². The van der Waals surface area contributed by atoms with Crippen LogP contribution in [-0.4, -0.2) is 28.6 Å². The van der Waals surface area contributed by atoms with Crippen molar-refractivity contribution in [3.8, 4) is 0 Å². The molecular weight excluding hydrogens is 248 g/mol. The Balaban J connectivity index is 1.77. The molecule has 0 aromatic rings. The summed E-state index contributed by atoms with van der Waals surface area (Å²) in [7, 11) is 0. The molecule has 114 valence electrons. The van der Waals surface area contributed by atoms with E-state index in [4.69, 9.17) is 0 Å². The van der Waals surface area contributed by atoms with Gasteiger partial charge in [0, 0.05) is 6.04 Å². The van der Waals surface area contributed by atoms with E-state index in [9.17, 15) is 4.79 Å². The molecule has 1 N–H and O–H groups in total. The molecule has 3 heteroatoms. The van der Waals surface area contributed by atoms with Gasteiger partial charge in [0.25, 0.3) is 0 Å². The molecule has 1 atom stereocenters. The molecule has 1 spiro atoms. The molecule has 2 aliphatic carbocycles. The zero-order valence-electron chi connectivity index (χ0n) is 13.2. The van der Waals surface area contributed by atoms with Crippen LogP contribution >= 0.6 is 0 Å². The van der Waals surface area contributed by atoms with Gasteiger partial charge in [-0.1, -0.05) is 33.1 Å². The van der Waals surface area contributed by atoms with Crippen molar-refractivity contribution >= 4 is 5.91 Å². The van der Waals surface area contributed by atoms with E-state index in [1.165, 1.54) is 38.5 Å². The summed E-state index contributed by atoms with van der Waals surface area (Å²) in [5.41, 5.74) is -0.178. The van der Waals surface area contributed by atoms with Crippen molar-refractivity contribution in [1.82, 2.24) is 10.2 Å². The highest BCUT2D eigenvalue weighted by Gasteiger charge is 2.53. The fourth-order valence-corrected chi connectivity index (χ4v) is 4.60. The van der Waals surface area contributed by atoms with E-state index in [0.717, 1.165) is 31.6 Å². The van der Waals surface area contributed by atoms with E-state index in [2.05, 4.69) is 24.1 Å². The summed E-state index contributed by atoms with van der Waals surface area (Å²) in [6.45, 7) is 4.58. The first kappa shape index (κ1) is 14.4. The number of nitrogens with one attached hydrogen (secondary N) is 1. The van der Waals surface area contributed by atoms with E-state index in [0.29, 0.717) is 18.1 Å². The van der Waals surface area contributed by atoms with Crippen LogP contribution in [0.5, 0.6) is 0 Å². The Morgan fingerprint density at radius 3 is 2.45 bits per heavy atom. The lowest BCUT2D eigenvalue weighted by atomic mass is 9.86. The quantitative estimate of drug-likeness (QED) is 0.857. The predicted octanol–water partition coefficient (Wildman–Crippen LogP) is 3.44. The zero-order valence-corrected chi connectivity index (χ0v) is 13.2. The topological polar surface area (TPSA) is 32.3 Å². The fraction of sp³-hybridized carbons (Fsp3) is 0.941. The Hall–Kier alpha value is -0.570. The van der Waals surface area contributed by atoms with Gasteiger partial charge in [0.15, 0.2) is 0 Å². The van der Waals surface area contributed by atoms with Gasteiger partial charge in [0.05, 0.1) is 11.7 Å². The van der Waals surface area contributed by atoms with Crippen LogP contribution < -0.4 is 5.32 Å². The number of amides is 1. The fourth-order valence-electron chi connectivity index (χ4n) is 4.60. The number of carbonyl (C=O) groups is 1. The number of carbonyl (C=O) groups excluding carboxylic acids is 1. The molecule has 1 aliphatic heterocycles. The number of hydrogen-bond donors (Lipinski definition) is 1. The van der Waals surface area contributed by atoms with Crippen LogP contribution in [-0.2, 0) is 4.79 Å². The molecule has 3 nitrogen and oxygen atoms in total. The summed E-state index contributed by atoms with van der Waals surface area (Å²) in [6.07, 6.45) is 12.1. The van der Waals surface area contributed by atoms with Crippen LogP contribution in [0.2, 0.25) is 0 Å². The smallest absolute Gasteiger partial charge is 0.244 e. The molecule has 1 unspecified atom stereocenters. The highest BCUT2D eigenvalue weighted by Crippen LogP contribution is 2.40. The van der Waals surface area contributed by atoms with Gasteiger partial charge in [-0.05, 0) is 50.9 Å². The second-order valence-corrected chi connectivity index (χ2v) is 7.36. The molecule has 0 aromatic carbocycles. The highest BCUT2D eigenvalue weighted by molar-refractivity contribution is 5.89. The van der Waals surface area contributed by atoms with E-state index in [-0.39, 0.29) is 5.54 Å². The Morgan fingerprint density at radius 2 is 1.85 bits per heavy atom. The number of rotatable bonds is 3. The lowest BCUT2D eigenvalue weighted by molar-refractivity contribution is -0.136. The largest absolute Gasteiger partial charge is 0.323 e. The molecule has 20 heavy (non-hydrogen) atoms. The minimum absolute atomic E-state index is 0.178. The third-order valence-corrected chi connectivity index (χ3v) is 5.82. The Kier molecular flexibility index (Phi) is 4.07. The minimum atomic E-state index is -0.178. The molecule has 1 heterocycles. The van der Waals surface area contributed by atoms with Gasteiger partial charge in [-0.2, -0.15) is 0 Å². The zero-order chi connectivity index (χ0) is 14.2. The van der Waals surface area contributed by atoms with Crippen LogP contribution in [0.15, 0.2) is 0 Å². The molecule has 0 aromatic heterocycles. The van der Waals surface area contributed by atoms with E-state index in [1.54, 1.807) is 0 Å². The van der Waals surface area contributed by atoms with Crippen LogP contribution in [0, 0.1) is 5.92 Å².